The van der Waals surface area contributed by atoms with Crippen LogP contribution in [0.1, 0.15) is 23.7 Å². The average Bonchev–Trinajstić information content (AvgIpc) is 2.48. The maximum Gasteiger partial charge on any atom is 0.0897 e. The van der Waals surface area contributed by atoms with E-state index in [1.807, 2.05) is 27.0 Å². The number of terminal acetylenes is 1. The fourth-order valence-corrected chi connectivity index (χ4v) is 1.58. The van der Waals surface area contributed by atoms with Crippen LogP contribution >= 0.6 is 11.3 Å². The summed E-state index contributed by atoms with van der Waals surface area (Å²) in [6.07, 6.45) is 7.24. The maximum absolute atomic E-state index is 5.35. The molecule has 0 unspecified atom stereocenters. The number of thiazole rings is 1. The molecule has 0 bridgehead atoms. The predicted molar refractivity (Wildman–Crippen MR) is 56.6 cm³/mol. The molecule has 0 amide bonds. The van der Waals surface area contributed by atoms with Crippen LogP contribution in [0.3, 0.4) is 0 Å². The fraction of sp³-hybridized carbons (Fsp3) is 0.500. The third-order valence-corrected chi connectivity index (χ3v) is 2.65. The van der Waals surface area contributed by atoms with Crippen molar-refractivity contribution in [2.45, 2.75) is 32.9 Å². The maximum atomic E-state index is 5.35. The van der Waals surface area contributed by atoms with E-state index in [0.717, 1.165) is 11.6 Å². The van der Waals surface area contributed by atoms with E-state index < -0.39 is 0 Å². The number of rotatable bonds is 3. The average molecular weight is 194 g/mol. The minimum Gasteiger partial charge on any atom is -0.297 e. The summed E-state index contributed by atoms with van der Waals surface area (Å²) in [5.74, 6) is 2.69. The summed E-state index contributed by atoms with van der Waals surface area (Å²) in [5, 5.41) is 4.37. The molecule has 0 aromatic carbocycles. The van der Waals surface area contributed by atoms with Crippen molar-refractivity contribution >= 4 is 11.3 Å². The van der Waals surface area contributed by atoms with E-state index in [-0.39, 0.29) is 5.54 Å². The highest BCUT2D eigenvalue weighted by Gasteiger charge is 2.12. The first-order chi connectivity index (χ1) is 6.03. The van der Waals surface area contributed by atoms with Crippen molar-refractivity contribution in [3.63, 3.8) is 0 Å². The van der Waals surface area contributed by atoms with E-state index in [4.69, 9.17) is 6.42 Å². The van der Waals surface area contributed by atoms with Gasteiger partial charge in [-0.2, -0.15) is 0 Å². The zero-order valence-electron chi connectivity index (χ0n) is 8.22. The first-order valence-corrected chi connectivity index (χ1v) is 4.99. The Morgan fingerprint density at radius 2 is 2.38 bits per heavy atom. The zero-order valence-corrected chi connectivity index (χ0v) is 9.03. The van der Waals surface area contributed by atoms with Crippen LogP contribution in [-0.4, -0.2) is 10.5 Å². The SMILES string of the molecule is C#CC(C)(C)NCc1cnc(C)s1. The quantitative estimate of drug-likeness (QED) is 0.744. The summed E-state index contributed by atoms with van der Waals surface area (Å²) in [6, 6.07) is 0. The topological polar surface area (TPSA) is 24.9 Å². The Bertz CT molecular complexity index is 320. The highest BCUT2D eigenvalue weighted by molar-refractivity contribution is 7.11. The van der Waals surface area contributed by atoms with Crippen molar-refractivity contribution in [1.29, 1.82) is 0 Å². The molecule has 0 spiro atoms. The number of hydrogen-bond donors (Lipinski definition) is 1. The molecule has 70 valence electrons. The van der Waals surface area contributed by atoms with Crippen molar-refractivity contribution in [1.82, 2.24) is 10.3 Å². The number of aryl methyl sites for hydroxylation is 1. The van der Waals surface area contributed by atoms with Gasteiger partial charge in [0.25, 0.3) is 0 Å². The second-order valence-electron chi connectivity index (χ2n) is 3.47. The minimum absolute atomic E-state index is 0.238. The van der Waals surface area contributed by atoms with Gasteiger partial charge in [0.1, 0.15) is 0 Å². The Labute approximate surface area is 83.4 Å². The fourth-order valence-electron chi connectivity index (χ4n) is 0.846. The molecular formula is C10H14N2S. The van der Waals surface area contributed by atoms with Crippen molar-refractivity contribution in [2.75, 3.05) is 0 Å². The summed E-state index contributed by atoms with van der Waals surface area (Å²) in [7, 11) is 0. The third-order valence-electron chi connectivity index (χ3n) is 1.73. The van der Waals surface area contributed by atoms with Crippen molar-refractivity contribution in [2.24, 2.45) is 0 Å². The number of nitrogens with zero attached hydrogens (tertiary/aromatic N) is 1. The molecule has 0 aliphatic rings. The summed E-state index contributed by atoms with van der Waals surface area (Å²) in [5.41, 5.74) is -0.238. The number of hydrogen-bond acceptors (Lipinski definition) is 3. The Morgan fingerprint density at radius 3 is 2.85 bits per heavy atom. The standard InChI is InChI=1S/C10H14N2S/c1-5-10(3,4)12-7-9-6-11-8(2)13-9/h1,6,12H,7H2,2-4H3. The van der Waals surface area contributed by atoms with Crippen LogP contribution < -0.4 is 5.32 Å². The van der Waals surface area contributed by atoms with Gasteiger partial charge in [0, 0.05) is 17.6 Å². The van der Waals surface area contributed by atoms with Crippen molar-refractivity contribution < 1.29 is 0 Å². The van der Waals surface area contributed by atoms with Crippen LogP contribution in [0, 0.1) is 19.3 Å². The monoisotopic (exact) mass is 194 g/mol. The first-order valence-electron chi connectivity index (χ1n) is 4.17. The Morgan fingerprint density at radius 1 is 1.69 bits per heavy atom. The summed E-state index contributed by atoms with van der Waals surface area (Å²) >= 11 is 1.70. The van der Waals surface area contributed by atoms with Gasteiger partial charge < -0.3 is 0 Å². The largest absolute Gasteiger partial charge is 0.297 e. The van der Waals surface area contributed by atoms with E-state index in [1.165, 1.54) is 4.88 Å². The Kier molecular flexibility index (Phi) is 3.07. The molecule has 2 nitrogen and oxygen atoms in total. The lowest BCUT2D eigenvalue weighted by atomic mass is 10.1. The molecule has 1 aromatic heterocycles. The van der Waals surface area contributed by atoms with E-state index >= 15 is 0 Å². The molecule has 0 atom stereocenters. The Hall–Kier alpha value is -0.850. The lowest BCUT2D eigenvalue weighted by Gasteiger charge is -2.18. The molecule has 1 rings (SSSR count). The molecule has 3 heteroatoms. The van der Waals surface area contributed by atoms with Crippen molar-refractivity contribution in [3.05, 3.63) is 16.1 Å². The molecule has 13 heavy (non-hydrogen) atoms. The molecule has 0 radical (unpaired) electrons. The summed E-state index contributed by atoms with van der Waals surface area (Å²) in [4.78, 5) is 5.39. The molecular weight excluding hydrogens is 180 g/mol. The molecule has 0 saturated heterocycles. The molecule has 1 N–H and O–H groups in total. The molecule has 0 aliphatic heterocycles. The summed E-state index contributed by atoms with van der Waals surface area (Å²) < 4.78 is 0. The second kappa shape index (κ2) is 3.91. The number of nitrogens with one attached hydrogen (secondary N) is 1. The number of aromatic nitrogens is 1. The van der Waals surface area contributed by atoms with Crippen LogP contribution in [0.25, 0.3) is 0 Å². The highest BCUT2D eigenvalue weighted by atomic mass is 32.1. The third kappa shape index (κ3) is 3.17. The van der Waals surface area contributed by atoms with E-state index in [2.05, 4.69) is 16.2 Å². The normalized spacial score (nSPS) is 11.2. The molecule has 1 aromatic rings. The lowest BCUT2D eigenvalue weighted by Crippen LogP contribution is -2.36. The molecule has 1 heterocycles. The van der Waals surface area contributed by atoms with Crippen LogP contribution in [0.15, 0.2) is 6.20 Å². The van der Waals surface area contributed by atoms with Gasteiger partial charge in [-0.15, -0.1) is 17.8 Å². The van der Waals surface area contributed by atoms with Gasteiger partial charge in [-0.1, -0.05) is 5.92 Å². The van der Waals surface area contributed by atoms with E-state index in [0.29, 0.717) is 0 Å². The minimum atomic E-state index is -0.238. The van der Waals surface area contributed by atoms with Gasteiger partial charge in [0.15, 0.2) is 0 Å². The molecule has 0 saturated carbocycles. The lowest BCUT2D eigenvalue weighted by molar-refractivity contribution is 0.493. The van der Waals surface area contributed by atoms with Crippen LogP contribution in [0.4, 0.5) is 0 Å². The highest BCUT2D eigenvalue weighted by Crippen LogP contribution is 2.12. The van der Waals surface area contributed by atoms with Gasteiger partial charge >= 0.3 is 0 Å². The second-order valence-corrected chi connectivity index (χ2v) is 4.79. The van der Waals surface area contributed by atoms with E-state index in [9.17, 15) is 0 Å². The zero-order chi connectivity index (χ0) is 9.90. The summed E-state index contributed by atoms with van der Waals surface area (Å²) in [6.45, 7) is 6.77. The van der Waals surface area contributed by atoms with Crippen LogP contribution in [0.2, 0.25) is 0 Å². The predicted octanol–water partition coefficient (Wildman–Crippen LogP) is 1.95. The van der Waals surface area contributed by atoms with Gasteiger partial charge in [0.2, 0.25) is 0 Å². The van der Waals surface area contributed by atoms with Gasteiger partial charge in [-0.3, -0.25) is 5.32 Å². The smallest absolute Gasteiger partial charge is 0.0897 e. The van der Waals surface area contributed by atoms with Crippen LogP contribution in [-0.2, 0) is 6.54 Å². The molecule has 0 aliphatic carbocycles. The van der Waals surface area contributed by atoms with Gasteiger partial charge in [-0.05, 0) is 20.8 Å². The Balaban J connectivity index is 2.49. The van der Waals surface area contributed by atoms with Gasteiger partial charge in [0.05, 0.1) is 10.5 Å². The van der Waals surface area contributed by atoms with Crippen molar-refractivity contribution in [3.8, 4) is 12.3 Å². The molecule has 0 fully saturated rings. The first kappa shape index (κ1) is 10.2. The van der Waals surface area contributed by atoms with Gasteiger partial charge in [-0.25, -0.2) is 4.98 Å². The van der Waals surface area contributed by atoms with E-state index in [1.54, 1.807) is 11.3 Å². The van der Waals surface area contributed by atoms with Crippen LogP contribution in [0.5, 0.6) is 0 Å².